The third-order valence-corrected chi connectivity index (χ3v) is 5.77. The van der Waals surface area contributed by atoms with E-state index in [9.17, 15) is 0 Å². The average Bonchev–Trinajstić information content (AvgIpc) is 2.28. The van der Waals surface area contributed by atoms with E-state index in [2.05, 4.69) is 25.5 Å². The SMILES string of the molecule is CCO[Si](C)(CCCOCCCN(C)C)OCC. The van der Waals surface area contributed by atoms with Crippen molar-refractivity contribution in [2.75, 3.05) is 47.1 Å². The Labute approximate surface area is 114 Å². The fraction of sp³-hybridized carbons (Fsp3) is 1.00. The molecule has 0 unspecified atom stereocenters. The zero-order valence-electron chi connectivity index (χ0n) is 12.8. The summed E-state index contributed by atoms with van der Waals surface area (Å²) in [5, 5.41) is 0. The van der Waals surface area contributed by atoms with E-state index in [1.165, 1.54) is 0 Å². The second kappa shape index (κ2) is 10.9. The first-order chi connectivity index (χ1) is 8.54. The monoisotopic (exact) mass is 277 g/mol. The molecule has 5 heteroatoms. The van der Waals surface area contributed by atoms with E-state index in [0.29, 0.717) is 0 Å². The fourth-order valence-corrected chi connectivity index (χ4v) is 4.26. The lowest BCUT2D eigenvalue weighted by atomic mass is 10.4. The van der Waals surface area contributed by atoms with E-state index in [1.807, 2.05) is 13.8 Å². The van der Waals surface area contributed by atoms with Gasteiger partial charge in [0, 0.05) is 26.4 Å². The molecule has 0 heterocycles. The topological polar surface area (TPSA) is 30.9 Å². The van der Waals surface area contributed by atoms with E-state index in [1.54, 1.807) is 0 Å². The maximum Gasteiger partial charge on any atom is 0.334 e. The molecule has 0 amide bonds. The van der Waals surface area contributed by atoms with Gasteiger partial charge in [-0.2, -0.15) is 0 Å². The Morgan fingerprint density at radius 3 is 2.00 bits per heavy atom. The highest BCUT2D eigenvalue weighted by atomic mass is 28.4. The minimum absolute atomic E-state index is 0.742. The van der Waals surface area contributed by atoms with Gasteiger partial charge in [-0.05, 0) is 59.9 Å². The van der Waals surface area contributed by atoms with Gasteiger partial charge in [0.1, 0.15) is 0 Å². The first-order valence-electron chi connectivity index (χ1n) is 7.04. The van der Waals surface area contributed by atoms with Gasteiger partial charge in [0.15, 0.2) is 0 Å². The Morgan fingerprint density at radius 2 is 1.50 bits per heavy atom. The molecule has 0 aromatic rings. The zero-order chi connectivity index (χ0) is 13.9. The Hall–Kier alpha value is 0.0569. The van der Waals surface area contributed by atoms with E-state index in [4.69, 9.17) is 13.6 Å². The highest BCUT2D eigenvalue weighted by molar-refractivity contribution is 6.66. The van der Waals surface area contributed by atoms with Crippen molar-refractivity contribution in [2.45, 2.75) is 39.3 Å². The van der Waals surface area contributed by atoms with Gasteiger partial charge in [0.2, 0.25) is 0 Å². The van der Waals surface area contributed by atoms with E-state index < -0.39 is 8.56 Å². The molecule has 0 bridgehead atoms. The van der Waals surface area contributed by atoms with Crippen molar-refractivity contribution < 1.29 is 13.6 Å². The average molecular weight is 277 g/mol. The first kappa shape index (κ1) is 18.1. The molecule has 0 atom stereocenters. The normalized spacial score (nSPS) is 12.3. The van der Waals surface area contributed by atoms with Gasteiger partial charge in [0.25, 0.3) is 0 Å². The lowest BCUT2D eigenvalue weighted by molar-refractivity contribution is 0.121. The van der Waals surface area contributed by atoms with Crippen LogP contribution in [-0.4, -0.2) is 60.5 Å². The predicted octanol–water partition coefficient (Wildman–Crippen LogP) is 2.49. The van der Waals surface area contributed by atoms with Crippen LogP contribution in [0.3, 0.4) is 0 Å². The van der Waals surface area contributed by atoms with Gasteiger partial charge >= 0.3 is 8.56 Å². The molecule has 4 nitrogen and oxygen atoms in total. The highest BCUT2D eigenvalue weighted by Crippen LogP contribution is 2.15. The summed E-state index contributed by atoms with van der Waals surface area (Å²) in [6.07, 6.45) is 2.13. The van der Waals surface area contributed by atoms with Crippen LogP contribution in [0.1, 0.15) is 26.7 Å². The van der Waals surface area contributed by atoms with Crippen LogP contribution in [0.5, 0.6) is 0 Å². The number of ether oxygens (including phenoxy) is 1. The summed E-state index contributed by atoms with van der Waals surface area (Å²) < 4.78 is 17.2. The Bertz CT molecular complexity index is 185. The molecule has 0 aliphatic rings. The molecule has 0 saturated heterocycles. The number of hydrogen-bond acceptors (Lipinski definition) is 4. The van der Waals surface area contributed by atoms with Gasteiger partial charge < -0.3 is 18.5 Å². The van der Waals surface area contributed by atoms with Crippen molar-refractivity contribution in [3.63, 3.8) is 0 Å². The van der Waals surface area contributed by atoms with Gasteiger partial charge in [-0.3, -0.25) is 0 Å². The lowest BCUT2D eigenvalue weighted by Crippen LogP contribution is -2.38. The van der Waals surface area contributed by atoms with Crippen molar-refractivity contribution >= 4 is 8.56 Å². The van der Waals surface area contributed by atoms with Crippen molar-refractivity contribution in [1.29, 1.82) is 0 Å². The molecule has 0 aromatic carbocycles. The molecule has 0 aromatic heterocycles. The summed E-state index contributed by atoms with van der Waals surface area (Å²) >= 11 is 0. The predicted molar refractivity (Wildman–Crippen MR) is 78.3 cm³/mol. The van der Waals surface area contributed by atoms with E-state index in [-0.39, 0.29) is 0 Å². The van der Waals surface area contributed by atoms with Crippen LogP contribution in [0.2, 0.25) is 12.6 Å². The minimum atomic E-state index is -1.92. The summed E-state index contributed by atoms with van der Waals surface area (Å²) in [6, 6.07) is 1.02. The molecule has 0 spiro atoms. The second-order valence-corrected chi connectivity index (χ2v) is 8.22. The van der Waals surface area contributed by atoms with Gasteiger partial charge in [0.05, 0.1) is 0 Å². The number of nitrogens with zero attached hydrogens (tertiary/aromatic N) is 1. The summed E-state index contributed by atoms with van der Waals surface area (Å²) in [5.74, 6) is 0. The molecule has 0 N–H and O–H groups in total. The van der Waals surface area contributed by atoms with Crippen molar-refractivity contribution in [3.05, 3.63) is 0 Å². The maximum atomic E-state index is 5.78. The minimum Gasteiger partial charge on any atom is -0.395 e. The molecule has 0 radical (unpaired) electrons. The van der Waals surface area contributed by atoms with Crippen molar-refractivity contribution in [1.82, 2.24) is 4.90 Å². The summed E-state index contributed by atoms with van der Waals surface area (Å²) in [4.78, 5) is 2.18. The van der Waals surface area contributed by atoms with Crippen LogP contribution in [-0.2, 0) is 13.6 Å². The third kappa shape index (κ3) is 10.0. The van der Waals surface area contributed by atoms with Crippen LogP contribution in [0.25, 0.3) is 0 Å². The molecular formula is C13H31NO3Si. The number of rotatable bonds is 12. The molecule has 0 saturated carbocycles. The molecule has 0 aliphatic carbocycles. The summed E-state index contributed by atoms with van der Waals surface area (Å²) in [7, 11) is 2.25. The maximum absolute atomic E-state index is 5.78. The van der Waals surface area contributed by atoms with E-state index in [0.717, 1.165) is 51.9 Å². The van der Waals surface area contributed by atoms with Crippen LogP contribution in [0, 0.1) is 0 Å². The Kier molecular flexibility index (Phi) is 11.0. The number of hydrogen-bond donors (Lipinski definition) is 0. The lowest BCUT2D eigenvalue weighted by Gasteiger charge is -2.25. The van der Waals surface area contributed by atoms with Crippen LogP contribution in [0.4, 0.5) is 0 Å². The molecule has 0 aliphatic heterocycles. The Balaban J connectivity index is 3.55. The highest BCUT2D eigenvalue weighted by Gasteiger charge is 2.29. The third-order valence-electron chi connectivity index (χ3n) is 2.71. The standard InChI is InChI=1S/C13H31NO3Si/c1-6-16-18(5,17-7-2)13-9-12-15-11-8-10-14(3)4/h6-13H2,1-5H3. The molecule has 18 heavy (non-hydrogen) atoms. The largest absolute Gasteiger partial charge is 0.395 e. The smallest absolute Gasteiger partial charge is 0.334 e. The van der Waals surface area contributed by atoms with Gasteiger partial charge in [-0.1, -0.05) is 0 Å². The van der Waals surface area contributed by atoms with E-state index >= 15 is 0 Å². The quantitative estimate of drug-likeness (QED) is 0.405. The second-order valence-electron chi connectivity index (χ2n) is 4.87. The first-order valence-corrected chi connectivity index (χ1v) is 9.56. The van der Waals surface area contributed by atoms with Crippen molar-refractivity contribution in [2.24, 2.45) is 0 Å². The van der Waals surface area contributed by atoms with Gasteiger partial charge in [-0.15, -0.1) is 0 Å². The summed E-state index contributed by atoms with van der Waals surface area (Å²) in [5.41, 5.74) is 0. The summed E-state index contributed by atoms with van der Waals surface area (Å²) in [6.45, 7) is 10.4. The molecule has 110 valence electrons. The van der Waals surface area contributed by atoms with Gasteiger partial charge in [-0.25, -0.2) is 0 Å². The molecule has 0 rings (SSSR count). The van der Waals surface area contributed by atoms with Crippen LogP contribution >= 0.6 is 0 Å². The Morgan fingerprint density at radius 1 is 0.944 bits per heavy atom. The van der Waals surface area contributed by atoms with Crippen LogP contribution in [0.15, 0.2) is 0 Å². The van der Waals surface area contributed by atoms with Crippen LogP contribution < -0.4 is 0 Å². The zero-order valence-corrected chi connectivity index (χ0v) is 13.8. The van der Waals surface area contributed by atoms with Crippen molar-refractivity contribution in [3.8, 4) is 0 Å². The molecule has 0 fully saturated rings. The molecular weight excluding hydrogens is 246 g/mol. The fourth-order valence-electron chi connectivity index (χ4n) is 1.88.